The molecule has 5 nitrogen and oxygen atoms in total. The molecule has 0 aliphatic heterocycles. The summed E-state index contributed by atoms with van der Waals surface area (Å²) in [6.07, 6.45) is 4.62. The minimum atomic E-state index is -0.990. The van der Waals surface area contributed by atoms with E-state index in [1.54, 1.807) is 12.1 Å². The topological polar surface area (TPSA) is 90.2 Å². The number of halogens is 1. The lowest BCUT2D eigenvalue weighted by Gasteiger charge is -2.27. The van der Waals surface area contributed by atoms with E-state index in [9.17, 15) is 19.1 Å². The second kappa shape index (κ2) is 7.91. The van der Waals surface area contributed by atoms with E-state index in [0.29, 0.717) is 18.4 Å². The van der Waals surface area contributed by atoms with Crippen molar-refractivity contribution >= 4 is 11.9 Å². The molecule has 1 aromatic rings. The number of carboxylic acids is 1. The SMILES string of the molecule is N#Cc1ccc(CNC(=O)CC2(C(=O)O)CCCCCC2)cc1F. The maximum Gasteiger partial charge on any atom is 0.310 e. The maximum atomic E-state index is 13.5. The minimum Gasteiger partial charge on any atom is -0.481 e. The Kier molecular flexibility index (Phi) is 5.91. The number of amides is 1. The molecule has 0 aromatic heterocycles. The fraction of sp³-hybridized carbons (Fsp3) is 0.500. The lowest BCUT2D eigenvalue weighted by Crippen LogP contribution is -2.37. The summed E-state index contributed by atoms with van der Waals surface area (Å²) in [5.74, 6) is -1.89. The van der Waals surface area contributed by atoms with Gasteiger partial charge in [0.15, 0.2) is 0 Å². The van der Waals surface area contributed by atoms with Crippen molar-refractivity contribution in [2.24, 2.45) is 5.41 Å². The van der Waals surface area contributed by atoms with E-state index >= 15 is 0 Å². The van der Waals surface area contributed by atoms with E-state index in [0.717, 1.165) is 25.7 Å². The van der Waals surface area contributed by atoms with Crippen LogP contribution in [0.4, 0.5) is 4.39 Å². The van der Waals surface area contributed by atoms with Crippen molar-refractivity contribution in [3.05, 3.63) is 35.1 Å². The Bertz CT molecular complexity index is 659. The Morgan fingerprint density at radius 2 is 1.92 bits per heavy atom. The summed E-state index contributed by atoms with van der Waals surface area (Å²) in [7, 11) is 0. The maximum absolute atomic E-state index is 13.5. The average molecular weight is 332 g/mol. The van der Waals surface area contributed by atoms with E-state index < -0.39 is 17.2 Å². The van der Waals surface area contributed by atoms with Crippen LogP contribution in [-0.2, 0) is 16.1 Å². The second-order valence-corrected chi connectivity index (χ2v) is 6.38. The van der Waals surface area contributed by atoms with Crippen LogP contribution in [-0.4, -0.2) is 17.0 Å². The van der Waals surface area contributed by atoms with Crippen LogP contribution in [0.2, 0.25) is 0 Å². The number of nitrogens with one attached hydrogen (secondary N) is 1. The first-order chi connectivity index (χ1) is 11.5. The van der Waals surface area contributed by atoms with Crippen molar-refractivity contribution in [1.29, 1.82) is 5.26 Å². The van der Waals surface area contributed by atoms with Crippen LogP contribution in [0.1, 0.15) is 56.1 Å². The number of carboxylic acid groups (broad SMARTS) is 1. The van der Waals surface area contributed by atoms with E-state index in [-0.39, 0.29) is 24.4 Å². The molecule has 1 aliphatic carbocycles. The fourth-order valence-electron chi connectivity index (χ4n) is 3.20. The highest BCUT2D eigenvalue weighted by atomic mass is 19.1. The number of hydrogen-bond acceptors (Lipinski definition) is 3. The molecule has 1 fully saturated rings. The molecule has 1 aromatic carbocycles. The average Bonchev–Trinajstić information content (AvgIpc) is 2.79. The Morgan fingerprint density at radius 1 is 1.25 bits per heavy atom. The predicted molar refractivity (Wildman–Crippen MR) is 85.3 cm³/mol. The third-order valence-corrected chi connectivity index (χ3v) is 4.66. The summed E-state index contributed by atoms with van der Waals surface area (Å²) >= 11 is 0. The molecule has 1 amide bonds. The van der Waals surface area contributed by atoms with Gasteiger partial charge in [-0.15, -0.1) is 0 Å². The molecule has 0 bridgehead atoms. The summed E-state index contributed by atoms with van der Waals surface area (Å²) in [6.45, 7) is 0.108. The van der Waals surface area contributed by atoms with Gasteiger partial charge in [0, 0.05) is 13.0 Å². The van der Waals surface area contributed by atoms with Crippen LogP contribution >= 0.6 is 0 Å². The van der Waals surface area contributed by atoms with Gasteiger partial charge in [0.05, 0.1) is 11.0 Å². The number of hydrogen-bond donors (Lipinski definition) is 2. The van der Waals surface area contributed by atoms with E-state index in [1.807, 2.05) is 0 Å². The van der Waals surface area contributed by atoms with Gasteiger partial charge < -0.3 is 10.4 Å². The van der Waals surface area contributed by atoms with E-state index in [2.05, 4.69) is 5.32 Å². The van der Waals surface area contributed by atoms with Crippen LogP contribution in [0.5, 0.6) is 0 Å². The summed E-state index contributed by atoms with van der Waals surface area (Å²) in [5, 5.41) is 20.9. The summed E-state index contributed by atoms with van der Waals surface area (Å²) < 4.78 is 13.5. The first kappa shape index (κ1) is 17.9. The number of aliphatic carboxylic acids is 1. The van der Waals surface area contributed by atoms with Crippen LogP contribution < -0.4 is 5.32 Å². The largest absolute Gasteiger partial charge is 0.481 e. The molecule has 0 spiro atoms. The summed E-state index contributed by atoms with van der Waals surface area (Å²) in [5.41, 5.74) is -0.505. The lowest BCUT2D eigenvalue weighted by molar-refractivity contribution is -0.152. The highest BCUT2D eigenvalue weighted by Gasteiger charge is 2.40. The minimum absolute atomic E-state index is 0.0478. The van der Waals surface area contributed by atoms with Crippen LogP contribution in [0, 0.1) is 22.6 Å². The van der Waals surface area contributed by atoms with Crippen LogP contribution in [0.3, 0.4) is 0 Å². The zero-order valence-corrected chi connectivity index (χ0v) is 13.5. The number of nitriles is 1. The Balaban J connectivity index is 1.97. The molecule has 0 heterocycles. The molecule has 24 heavy (non-hydrogen) atoms. The van der Waals surface area contributed by atoms with Gasteiger partial charge in [-0.3, -0.25) is 9.59 Å². The number of carbonyl (C=O) groups is 2. The van der Waals surface area contributed by atoms with Gasteiger partial charge in [-0.25, -0.2) is 4.39 Å². The molecule has 6 heteroatoms. The van der Waals surface area contributed by atoms with E-state index in [4.69, 9.17) is 5.26 Å². The number of carbonyl (C=O) groups excluding carboxylic acids is 1. The zero-order valence-electron chi connectivity index (χ0n) is 13.5. The molecular weight excluding hydrogens is 311 g/mol. The number of nitrogens with zero attached hydrogens (tertiary/aromatic N) is 1. The lowest BCUT2D eigenvalue weighted by atomic mass is 9.77. The van der Waals surface area contributed by atoms with Crippen molar-refractivity contribution in [1.82, 2.24) is 5.32 Å². The van der Waals surface area contributed by atoms with Gasteiger partial charge in [0.1, 0.15) is 11.9 Å². The van der Waals surface area contributed by atoms with Crippen molar-refractivity contribution in [2.75, 3.05) is 0 Å². The van der Waals surface area contributed by atoms with Gasteiger partial charge in [0.25, 0.3) is 0 Å². The van der Waals surface area contributed by atoms with Crippen LogP contribution in [0.25, 0.3) is 0 Å². The van der Waals surface area contributed by atoms with Crippen molar-refractivity contribution in [3.63, 3.8) is 0 Å². The zero-order chi connectivity index (χ0) is 17.6. The van der Waals surface area contributed by atoms with Gasteiger partial charge in [-0.05, 0) is 30.5 Å². The molecule has 128 valence electrons. The predicted octanol–water partition coefficient (Wildman–Crippen LogP) is 3.13. The van der Waals surface area contributed by atoms with Gasteiger partial charge in [-0.1, -0.05) is 31.7 Å². The Morgan fingerprint density at radius 3 is 2.46 bits per heavy atom. The molecule has 2 rings (SSSR count). The summed E-state index contributed by atoms with van der Waals surface area (Å²) in [4.78, 5) is 23.9. The number of benzene rings is 1. The van der Waals surface area contributed by atoms with Crippen LogP contribution in [0.15, 0.2) is 18.2 Å². The fourth-order valence-corrected chi connectivity index (χ4v) is 3.20. The normalized spacial score (nSPS) is 16.7. The summed E-state index contributed by atoms with van der Waals surface area (Å²) in [6, 6.07) is 5.87. The first-order valence-electron chi connectivity index (χ1n) is 8.15. The highest BCUT2D eigenvalue weighted by molar-refractivity contribution is 5.85. The molecule has 0 unspecified atom stereocenters. The van der Waals surface area contributed by atoms with Gasteiger partial charge in [-0.2, -0.15) is 5.26 Å². The second-order valence-electron chi connectivity index (χ2n) is 6.38. The Hall–Kier alpha value is -2.42. The van der Waals surface area contributed by atoms with Gasteiger partial charge in [0.2, 0.25) is 5.91 Å². The van der Waals surface area contributed by atoms with E-state index in [1.165, 1.54) is 12.1 Å². The van der Waals surface area contributed by atoms with Crippen molar-refractivity contribution in [3.8, 4) is 6.07 Å². The molecular formula is C18H21FN2O3. The smallest absolute Gasteiger partial charge is 0.310 e. The monoisotopic (exact) mass is 332 g/mol. The molecule has 2 N–H and O–H groups in total. The van der Waals surface area contributed by atoms with Crippen molar-refractivity contribution in [2.45, 2.75) is 51.5 Å². The third kappa shape index (κ3) is 4.31. The van der Waals surface area contributed by atoms with Gasteiger partial charge >= 0.3 is 5.97 Å². The molecule has 1 saturated carbocycles. The van der Waals surface area contributed by atoms with Crippen molar-refractivity contribution < 1.29 is 19.1 Å². The third-order valence-electron chi connectivity index (χ3n) is 4.66. The molecule has 0 saturated heterocycles. The Labute approximate surface area is 140 Å². The molecule has 1 aliphatic rings. The number of rotatable bonds is 5. The quantitative estimate of drug-likeness (QED) is 0.811. The molecule has 0 radical (unpaired) electrons. The first-order valence-corrected chi connectivity index (χ1v) is 8.15. The standard InChI is InChI=1S/C18H21FN2O3/c19-15-9-13(5-6-14(15)11-20)12-21-16(22)10-18(17(23)24)7-3-1-2-4-8-18/h5-6,9H,1-4,7-8,10,12H2,(H,21,22)(H,23,24). The molecule has 0 atom stereocenters. The highest BCUT2D eigenvalue weighted by Crippen LogP contribution is 2.38.